The SMILES string of the molecule is CCOC(=O)C1CCCCC1NC(=O)c1nn(CCCCC#N)c2ccc(Cl)cc12. The van der Waals surface area contributed by atoms with Crippen molar-refractivity contribution in [3.63, 3.8) is 0 Å². The van der Waals surface area contributed by atoms with E-state index in [1.165, 1.54) is 0 Å². The van der Waals surface area contributed by atoms with E-state index in [1.807, 2.05) is 6.07 Å². The number of esters is 1. The molecule has 30 heavy (non-hydrogen) atoms. The molecule has 7 nitrogen and oxygen atoms in total. The number of hydrogen-bond acceptors (Lipinski definition) is 5. The van der Waals surface area contributed by atoms with E-state index in [0.29, 0.717) is 42.1 Å². The summed E-state index contributed by atoms with van der Waals surface area (Å²) in [6.07, 6.45) is 5.42. The standard InChI is InChI=1S/C22H27ClN4O3/c1-2-30-22(29)16-8-4-5-9-18(16)25-21(28)20-17-14-15(23)10-11-19(17)27(26-20)13-7-3-6-12-24/h10-11,14,16,18H,2-9,13H2,1H3,(H,25,28). The Bertz CT molecular complexity index is 950. The number of nitrogens with one attached hydrogen (secondary N) is 1. The largest absolute Gasteiger partial charge is 0.466 e. The predicted molar refractivity (Wildman–Crippen MR) is 114 cm³/mol. The van der Waals surface area contributed by atoms with Crippen molar-refractivity contribution >= 4 is 34.4 Å². The first kappa shape index (κ1) is 22.1. The zero-order chi connectivity index (χ0) is 21.5. The molecule has 0 bridgehead atoms. The molecule has 1 fully saturated rings. The van der Waals surface area contributed by atoms with Crippen LogP contribution >= 0.6 is 11.6 Å². The molecule has 3 rings (SSSR count). The van der Waals surface area contributed by atoms with Crippen LogP contribution in [0, 0.1) is 17.2 Å². The average molecular weight is 431 g/mol. The number of halogens is 1. The van der Waals surface area contributed by atoms with Crippen molar-refractivity contribution in [3.05, 3.63) is 28.9 Å². The number of ether oxygens (including phenoxy) is 1. The topological polar surface area (TPSA) is 97.0 Å². The molecule has 1 aliphatic carbocycles. The zero-order valence-electron chi connectivity index (χ0n) is 17.2. The van der Waals surface area contributed by atoms with Crippen LogP contribution in [0.4, 0.5) is 0 Å². The third kappa shape index (κ3) is 5.11. The van der Waals surface area contributed by atoms with Crippen LogP contribution < -0.4 is 5.32 Å². The molecule has 2 unspecified atom stereocenters. The van der Waals surface area contributed by atoms with Gasteiger partial charge in [0.25, 0.3) is 5.91 Å². The van der Waals surface area contributed by atoms with Gasteiger partial charge in [-0.25, -0.2) is 0 Å². The maximum Gasteiger partial charge on any atom is 0.311 e. The van der Waals surface area contributed by atoms with Gasteiger partial charge in [0.2, 0.25) is 0 Å². The van der Waals surface area contributed by atoms with E-state index in [2.05, 4.69) is 16.5 Å². The Morgan fingerprint density at radius 2 is 2.13 bits per heavy atom. The summed E-state index contributed by atoms with van der Waals surface area (Å²) in [5.74, 6) is -0.886. The molecular formula is C22H27ClN4O3. The molecule has 2 aromatic rings. The summed E-state index contributed by atoms with van der Waals surface area (Å²) < 4.78 is 7.00. The summed E-state index contributed by atoms with van der Waals surface area (Å²) in [7, 11) is 0. The fourth-order valence-corrected chi connectivity index (χ4v) is 4.20. The highest BCUT2D eigenvalue weighted by Gasteiger charge is 2.34. The van der Waals surface area contributed by atoms with E-state index < -0.39 is 0 Å². The lowest BCUT2D eigenvalue weighted by Gasteiger charge is -2.30. The number of carbonyl (C=O) groups is 2. The maximum absolute atomic E-state index is 13.1. The number of rotatable bonds is 8. The molecule has 1 heterocycles. The van der Waals surface area contributed by atoms with Crippen molar-refractivity contribution in [2.45, 2.75) is 64.5 Å². The van der Waals surface area contributed by atoms with Gasteiger partial charge in [0.15, 0.2) is 5.69 Å². The van der Waals surface area contributed by atoms with Crippen LogP contribution in [0.15, 0.2) is 18.2 Å². The predicted octanol–water partition coefficient (Wildman–Crippen LogP) is 4.24. The van der Waals surface area contributed by atoms with Crippen LogP contribution in [0.25, 0.3) is 10.9 Å². The maximum atomic E-state index is 13.1. The zero-order valence-corrected chi connectivity index (χ0v) is 18.0. The summed E-state index contributed by atoms with van der Waals surface area (Å²) in [5.41, 5.74) is 1.13. The van der Waals surface area contributed by atoms with Crippen LogP contribution in [0.5, 0.6) is 0 Å². The van der Waals surface area contributed by atoms with Crippen LogP contribution in [-0.4, -0.2) is 34.3 Å². The van der Waals surface area contributed by atoms with Crippen molar-refractivity contribution in [1.29, 1.82) is 5.26 Å². The van der Waals surface area contributed by atoms with E-state index >= 15 is 0 Å². The molecule has 8 heteroatoms. The Labute approximate surface area is 181 Å². The van der Waals surface area contributed by atoms with Crippen molar-refractivity contribution < 1.29 is 14.3 Å². The van der Waals surface area contributed by atoms with Crippen LogP contribution in [0.1, 0.15) is 62.4 Å². The van der Waals surface area contributed by atoms with Gasteiger partial charge in [-0.1, -0.05) is 24.4 Å². The summed E-state index contributed by atoms with van der Waals surface area (Å²) in [4.78, 5) is 25.5. The minimum Gasteiger partial charge on any atom is -0.466 e. The smallest absolute Gasteiger partial charge is 0.311 e. The Morgan fingerprint density at radius 3 is 2.90 bits per heavy atom. The Morgan fingerprint density at radius 1 is 1.33 bits per heavy atom. The number of carbonyl (C=O) groups excluding carboxylic acids is 2. The van der Waals surface area contributed by atoms with E-state index in [0.717, 1.165) is 37.6 Å². The Kier molecular flexibility index (Phi) is 7.69. The van der Waals surface area contributed by atoms with E-state index in [-0.39, 0.29) is 23.8 Å². The molecule has 1 saturated carbocycles. The number of amides is 1. The molecule has 0 spiro atoms. The number of fused-ring (bicyclic) bond motifs is 1. The van der Waals surface area contributed by atoms with Gasteiger partial charge < -0.3 is 10.1 Å². The highest BCUT2D eigenvalue weighted by atomic mass is 35.5. The van der Waals surface area contributed by atoms with Gasteiger partial charge in [0.1, 0.15) is 0 Å². The fraction of sp³-hybridized carbons (Fsp3) is 0.545. The van der Waals surface area contributed by atoms with E-state index in [1.54, 1.807) is 23.7 Å². The number of nitrogens with zero attached hydrogens (tertiary/aromatic N) is 3. The first-order valence-electron chi connectivity index (χ1n) is 10.6. The quantitative estimate of drug-likeness (QED) is 0.499. The van der Waals surface area contributed by atoms with Crippen molar-refractivity contribution in [2.75, 3.05) is 6.61 Å². The first-order valence-corrected chi connectivity index (χ1v) is 10.9. The molecule has 1 N–H and O–H groups in total. The molecular weight excluding hydrogens is 404 g/mol. The number of hydrogen-bond donors (Lipinski definition) is 1. The lowest BCUT2D eigenvalue weighted by molar-refractivity contribution is -0.150. The summed E-state index contributed by atoms with van der Waals surface area (Å²) in [6, 6.07) is 7.25. The van der Waals surface area contributed by atoms with Crippen molar-refractivity contribution in [3.8, 4) is 6.07 Å². The second kappa shape index (κ2) is 10.4. The second-order valence-electron chi connectivity index (χ2n) is 7.57. The van der Waals surface area contributed by atoms with Gasteiger partial charge in [0.05, 0.1) is 24.1 Å². The van der Waals surface area contributed by atoms with Crippen LogP contribution in [0.2, 0.25) is 5.02 Å². The van der Waals surface area contributed by atoms with E-state index in [4.69, 9.17) is 21.6 Å². The normalized spacial score (nSPS) is 18.7. The third-order valence-electron chi connectivity index (χ3n) is 5.51. The molecule has 1 aromatic heterocycles. The van der Waals surface area contributed by atoms with Gasteiger partial charge in [-0.15, -0.1) is 0 Å². The summed E-state index contributed by atoms with van der Waals surface area (Å²) in [5, 5.41) is 17.5. The fourth-order valence-electron chi connectivity index (χ4n) is 4.03. The van der Waals surface area contributed by atoms with Gasteiger partial charge in [0, 0.05) is 29.4 Å². The lowest BCUT2D eigenvalue weighted by Crippen LogP contribution is -2.45. The molecule has 0 radical (unpaired) electrons. The number of benzene rings is 1. The lowest BCUT2D eigenvalue weighted by atomic mass is 9.84. The van der Waals surface area contributed by atoms with Crippen LogP contribution in [-0.2, 0) is 16.1 Å². The third-order valence-corrected chi connectivity index (χ3v) is 5.74. The molecule has 0 saturated heterocycles. The summed E-state index contributed by atoms with van der Waals surface area (Å²) >= 11 is 6.18. The number of aromatic nitrogens is 2. The molecule has 2 atom stereocenters. The average Bonchev–Trinajstić information content (AvgIpc) is 3.09. The minimum atomic E-state index is -0.328. The minimum absolute atomic E-state index is 0.251. The molecule has 160 valence electrons. The van der Waals surface area contributed by atoms with Crippen LogP contribution in [0.3, 0.4) is 0 Å². The van der Waals surface area contributed by atoms with Gasteiger partial charge in [-0.2, -0.15) is 10.4 Å². The highest BCUT2D eigenvalue weighted by molar-refractivity contribution is 6.31. The number of nitriles is 1. The number of aryl methyl sites for hydroxylation is 1. The second-order valence-corrected chi connectivity index (χ2v) is 8.01. The van der Waals surface area contributed by atoms with Gasteiger partial charge in [-0.3, -0.25) is 14.3 Å². The molecule has 1 amide bonds. The Hall–Kier alpha value is -2.59. The molecule has 1 aromatic carbocycles. The molecule has 1 aliphatic rings. The van der Waals surface area contributed by atoms with Gasteiger partial charge >= 0.3 is 5.97 Å². The van der Waals surface area contributed by atoms with Crippen molar-refractivity contribution in [1.82, 2.24) is 15.1 Å². The molecule has 0 aliphatic heterocycles. The Balaban J connectivity index is 1.82. The summed E-state index contributed by atoms with van der Waals surface area (Å²) in [6.45, 7) is 2.73. The highest BCUT2D eigenvalue weighted by Crippen LogP contribution is 2.27. The van der Waals surface area contributed by atoms with E-state index in [9.17, 15) is 9.59 Å². The first-order chi connectivity index (χ1) is 14.5. The van der Waals surface area contributed by atoms with Crippen molar-refractivity contribution in [2.24, 2.45) is 5.92 Å². The van der Waals surface area contributed by atoms with Gasteiger partial charge in [-0.05, 0) is 50.8 Å². The number of unbranched alkanes of at least 4 members (excludes halogenated alkanes) is 2. The monoisotopic (exact) mass is 430 g/mol.